The summed E-state index contributed by atoms with van der Waals surface area (Å²) in [4.78, 5) is 62.7. The van der Waals surface area contributed by atoms with Gasteiger partial charge in [0.15, 0.2) is 0 Å². The van der Waals surface area contributed by atoms with E-state index in [9.17, 15) is 0 Å². The van der Waals surface area contributed by atoms with E-state index >= 15 is 0 Å². The summed E-state index contributed by atoms with van der Waals surface area (Å²) >= 11 is 0. The molecule has 10 heterocycles. The van der Waals surface area contributed by atoms with E-state index in [0.29, 0.717) is 0 Å². The summed E-state index contributed by atoms with van der Waals surface area (Å²) in [5, 5.41) is 8.72. The number of aromatic nitrogens is 16. The third-order valence-corrected chi connectivity index (χ3v) is 12.8. The minimum atomic E-state index is 0.759. The normalized spacial score (nSPS) is 8.45. The molecule has 110 heavy (non-hydrogen) atoms. The number of nitrogens with zero attached hydrogens (tertiary/aromatic N) is 16. The first kappa shape index (κ1) is 107. The topological polar surface area (TPSA) is 206 Å². The molecule has 0 bridgehead atoms. The standard InChI is InChI=1S/5C10H9N.4C5H6N2.C4H5N3.10C2H6/c1-8-4-2-6-10-9(8)5-3-7-11-10;1-8-4-2-5-9-6-3-7-11-10(8)9;1-8-3-2-4-9-7-11-6-5-10(8)9;1-8-3-2-4-9-5-6-11-7-10(8)9;1-8-6-7-11-10-5-3-2-4-9(8)10;1-5-2-6-4-7-3-5;1-5-4-6-2-3-7-5;1-5-2-3-6-4-7-5;1-5-6-3-2-4-7-5;1-4-6-2-5-3-7-4;10*1-2/h5*2-7H,1H3;4*2-4H,1H3;2-3H,1H3;10*1-2H3. The predicted octanol–water partition coefficient (Wildman–Crippen LogP) is 26.3. The molecule has 16 heteroatoms. The average molecular weight is 1490 g/mol. The summed E-state index contributed by atoms with van der Waals surface area (Å²) in [6.07, 6.45) is 32.7. The van der Waals surface area contributed by atoms with Crippen molar-refractivity contribution in [3.8, 4) is 0 Å². The van der Waals surface area contributed by atoms with Gasteiger partial charge in [0.05, 0.1) is 22.2 Å². The van der Waals surface area contributed by atoms with Gasteiger partial charge in [0.25, 0.3) is 0 Å². The first-order valence-electron chi connectivity index (χ1n) is 38.8. The van der Waals surface area contributed by atoms with E-state index in [1.807, 2.05) is 283 Å². The summed E-state index contributed by atoms with van der Waals surface area (Å²) in [5.41, 5.74) is 12.7. The first-order valence-corrected chi connectivity index (χ1v) is 38.8. The molecule has 590 valence electrons. The van der Waals surface area contributed by atoms with E-state index in [2.05, 4.69) is 193 Å². The molecule has 10 aromatic heterocycles. The molecule has 0 N–H and O–H groups in total. The van der Waals surface area contributed by atoms with Crippen molar-refractivity contribution < 1.29 is 0 Å². The zero-order valence-corrected chi connectivity index (χ0v) is 72.6. The Bertz CT molecular complexity index is 3750. The number of benzene rings is 5. The van der Waals surface area contributed by atoms with Crippen molar-refractivity contribution in [3.05, 3.63) is 326 Å². The van der Waals surface area contributed by atoms with E-state index in [4.69, 9.17) is 0 Å². The summed E-state index contributed by atoms with van der Waals surface area (Å²) < 4.78 is 0. The van der Waals surface area contributed by atoms with Crippen molar-refractivity contribution in [1.29, 1.82) is 0 Å². The van der Waals surface area contributed by atoms with Gasteiger partial charge in [-0.1, -0.05) is 236 Å². The van der Waals surface area contributed by atoms with Crippen molar-refractivity contribution in [3.63, 3.8) is 0 Å². The highest BCUT2D eigenvalue weighted by Gasteiger charge is 1.98. The van der Waals surface area contributed by atoms with Crippen LogP contribution in [0.5, 0.6) is 0 Å². The highest BCUT2D eigenvalue weighted by molar-refractivity contribution is 5.86. The van der Waals surface area contributed by atoms with Crippen molar-refractivity contribution in [2.24, 2.45) is 0 Å². The molecule has 5 aromatic carbocycles. The Morgan fingerprint density at radius 3 is 1.07 bits per heavy atom. The molecule has 0 atom stereocenters. The van der Waals surface area contributed by atoms with Gasteiger partial charge >= 0.3 is 0 Å². The van der Waals surface area contributed by atoms with Crippen LogP contribution in [0, 0.1) is 69.2 Å². The second-order valence-electron chi connectivity index (χ2n) is 19.9. The Kier molecular flexibility index (Phi) is 75.1. The zero-order chi connectivity index (χ0) is 84.0. The maximum absolute atomic E-state index is 4.28. The largest absolute Gasteiger partial charge is 0.264 e. The summed E-state index contributed by atoms with van der Waals surface area (Å²) in [5.74, 6) is 1.58. The van der Waals surface area contributed by atoms with Crippen LogP contribution in [-0.2, 0) is 0 Å². The van der Waals surface area contributed by atoms with Gasteiger partial charge in [0, 0.05) is 126 Å². The number of pyridine rings is 5. The number of rotatable bonds is 0. The summed E-state index contributed by atoms with van der Waals surface area (Å²) in [6.45, 7) is 60.0. The van der Waals surface area contributed by atoms with Gasteiger partial charge in [-0.3, -0.25) is 34.9 Å². The Morgan fingerprint density at radius 1 is 0.191 bits per heavy atom. The van der Waals surface area contributed by atoms with Crippen molar-refractivity contribution >= 4 is 54.3 Å². The molecule has 0 spiro atoms. The smallest absolute Gasteiger partial charge is 0.128 e. The van der Waals surface area contributed by atoms with Crippen LogP contribution in [0.1, 0.15) is 195 Å². The van der Waals surface area contributed by atoms with E-state index in [-0.39, 0.29) is 0 Å². The van der Waals surface area contributed by atoms with Gasteiger partial charge < -0.3 is 0 Å². The maximum Gasteiger partial charge on any atom is 0.128 e. The van der Waals surface area contributed by atoms with Gasteiger partial charge in [-0.05, 0) is 168 Å². The number of fused-ring (bicyclic) bond motifs is 5. The fraction of sp³-hybridized carbons (Fsp3) is 0.319. The van der Waals surface area contributed by atoms with Crippen LogP contribution in [0.25, 0.3) is 54.3 Å². The monoisotopic (exact) mass is 1490 g/mol. The number of aryl methyl sites for hydroxylation is 10. The van der Waals surface area contributed by atoms with Gasteiger partial charge in [0.2, 0.25) is 0 Å². The lowest BCUT2D eigenvalue weighted by Crippen LogP contribution is -1.84. The van der Waals surface area contributed by atoms with Crippen LogP contribution in [0.4, 0.5) is 0 Å². The fourth-order valence-electron chi connectivity index (χ4n) is 8.08. The third-order valence-electron chi connectivity index (χ3n) is 12.8. The Balaban J connectivity index is -0.000000363. The Labute approximate surface area is 664 Å². The van der Waals surface area contributed by atoms with Crippen molar-refractivity contribution in [2.75, 3.05) is 0 Å². The summed E-state index contributed by atoms with van der Waals surface area (Å²) in [7, 11) is 0. The minimum absolute atomic E-state index is 0.759. The highest BCUT2D eigenvalue weighted by Crippen LogP contribution is 2.18. The summed E-state index contributed by atoms with van der Waals surface area (Å²) in [6, 6.07) is 50.9. The third kappa shape index (κ3) is 49.4. The van der Waals surface area contributed by atoms with Crippen molar-refractivity contribution in [1.82, 2.24) is 79.7 Å². The molecule has 0 amide bonds. The van der Waals surface area contributed by atoms with Crippen LogP contribution in [-0.4, -0.2) is 79.7 Å². The van der Waals surface area contributed by atoms with Crippen LogP contribution < -0.4 is 0 Å². The zero-order valence-electron chi connectivity index (χ0n) is 72.6. The maximum atomic E-state index is 4.28. The molecule has 0 aliphatic carbocycles. The predicted molar refractivity (Wildman–Crippen MR) is 478 cm³/mol. The van der Waals surface area contributed by atoms with Crippen LogP contribution in [0.3, 0.4) is 0 Å². The first-order chi connectivity index (χ1) is 53.9. The van der Waals surface area contributed by atoms with Crippen LogP contribution >= 0.6 is 0 Å². The quantitative estimate of drug-likeness (QED) is 0.138. The molecule has 16 nitrogen and oxygen atoms in total. The number of hydrogen-bond acceptors (Lipinski definition) is 16. The highest BCUT2D eigenvalue weighted by atomic mass is 15.0. The molecule has 0 unspecified atom stereocenters. The average Bonchev–Trinajstić information content (AvgIpc) is 0.874. The fourth-order valence-corrected chi connectivity index (χ4v) is 8.08. The minimum Gasteiger partial charge on any atom is -0.264 e. The molecule has 0 radical (unpaired) electrons. The molecular weight excluding hydrogens is 1350 g/mol. The van der Waals surface area contributed by atoms with Crippen molar-refractivity contribution in [2.45, 2.75) is 208 Å². The van der Waals surface area contributed by atoms with Gasteiger partial charge in [-0.2, -0.15) is 0 Å². The van der Waals surface area contributed by atoms with E-state index < -0.39 is 0 Å². The molecule has 0 aliphatic rings. The molecular formula is C94H134N16. The van der Waals surface area contributed by atoms with Gasteiger partial charge in [-0.15, -0.1) is 0 Å². The van der Waals surface area contributed by atoms with E-state index in [1.54, 1.807) is 55.6 Å². The molecule has 0 saturated heterocycles. The molecule has 0 aliphatic heterocycles. The second-order valence-corrected chi connectivity index (χ2v) is 19.9. The number of hydrogen-bond donors (Lipinski definition) is 0. The SMILES string of the molecule is CC.CC.CC.CC.CC.CC.CC.CC.CC.CC.Cc1cccc2cccnc12.Cc1cccc2ccncc12.Cc1cccc2cnccc12.Cc1cccc2ncccc12.Cc1ccnc2ccccc12.Cc1ccncn1.Cc1cnccn1.Cc1cncnc1.Cc1ncccn1.Cc1ncncn1. The lowest BCUT2D eigenvalue weighted by atomic mass is 10.1. The van der Waals surface area contributed by atoms with E-state index in [0.717, 1.165) is 45.2 Å². The molecule has 15 rings (SSSR count). The van der Waals surface area contributed by atoms with Gasteiger partial charge in [0.1, 0.15) is 37.0 Å². The molecule has 0 saturated carbocycles. The Hall–Kier alpha value is -11.5. The molecule has 15 aromatic rings. The lowest BCUT2D eigenvalue weighted by molar-refractivity contribution is 0.974. The number of para-hydroxylation sites is 2. The van der Waals surface area contributed by atoms with E-state index in [1.165, 1.54) is 90.8 Å². The molecule has 0 fully saturated rings. The van der Waals surface area contributed by atoms with Gasteiger partial charge in [-0.25, -0.2) is 44.9 Å². The van der Waals surface area contributed by atoms with Crippen LogP contribution in [0.15, 0.2) is 270 Å². The van der Waals surface area contributed by atoms with Crippen LogP contribution in [0.2, 0.25) is 0 Å². The Morgan fingerprint density at radius 2 is 0.618 bits per heavy atom. The lowest BCUT2D eigenvalue weighted by Gasteiger charge is -1.98. The second kappa shape index (κ2) is 77.1.